The van der Waals surface area contributed by atoms with Crippen molar-refractivity contribution in [2.24, 2.45) is 0 Å². The molecule has 0 saturated heterocycles. The molecule has 2 aromatic rings. The molecule has 2 aromatic carbocycles. The predicted octanol–water partition coefficient (Wildman–Crippen LogP) is 4.36. The molecule has 0 spiro atoms. The van der Waals surface area contributed by atoms with E-state index in [0.717, 1.165) is 12.1 Å². The number of benzene rings is 2. The van der Waals surface area contributed by atoms with Crippen LogP contribution >= 0.6 is 11.6 Å². The lowest BCUT2D eigenvalue weighted by Gasteiger charge is -2.06. The Morgan fingerprint density at radius 3 is 2.00 bits per heavy atom. The maximum atomic E-state index is 13.4. The summed E-state index contributed by atoms with van der Waals surface area (Å²) in [5.74, 6) is -4.14. The Labute approximate surface area is 99.5 Å². The lowest BCUT2D eigenvalue weighted by molar-refractivity contribution is 0.548. The van der Waals surface area contributed by atoms with E-state index in [1.807, 2.05) is 0 Å². The Balaban J connectivity index is 2.68. The smallest absolute Gasteiger partial charge is 0.136 e. The fourth-order valence-electron chi connectivity index (χ4n) is 1.46. The minimum atomic E-state index is -1.12. The molecular weight excluding hydrogens is 256 g/mol. The SMILES string of the molecule is Fc1[c]c(Cl)cc(-c2c(F)cc(F)cc2F)c1. The molecule has 0 amide bonds. The molecule has 0 N–H and O–H groups in total. The highest BCUT2D eigenvalue weighted by Crippen LogP contribution is 2.29. The minimum Gasteiger partial charge on any atom is -0.207 e. The molecule has 0 heterocycles. The van der Waals surface area contributed by atoms with Crippen molar-refractivity contribution in [1.82, 2.24) is 0 Å². The molecule has 0 fully saturated rings. The van der Waals surface area contributed by atoms with Crippen LogP contribution in [-0.2, 0) is 0 Å². The largest absolute Gasteiger partial charge is 0.207 e. The van der Waals surface area contributed by atoms with Crippen LogP contribution in [0.15, 0.2) is 24.3 Å². The molecule has 0 saturated carbocycles. The normalized spacial score (nSPS) is 10.6. The molecule has 1 radical (unpaired) electrons. The van der Waals surface area contributed by atoms with Gasteiger partial charge in [0, 0.05) is 18.2 Å². The number of hydrogen-bond acceptors (Lipinski definition) is 0. The quantitative estimate of drug-likeness (QED) is 0.668. The van der Waals surface area contributed by atoms with Gasteiger partial charge in [0.1, 0.15) is 23.3 Å². The first-order valence-corrected chi connectivity index (χ1v) is 4.88. The highest BCUT2D eigenvalue weighted by atomic mass is 35.5. The van der Waals surface area contributed by atoms with Gasteiger partial charge in [0.05, 0.1) is 10.6 Å². The van der Waals surface area contributed by atoms with Gasteiger partial charge in [-0.05, 0) is 17.7 Å². The first-order valence-electron chi connectivity index (χ1n) is 4.50. The van der Waals surface area contributed by atoms with E-state index >= 15 is 0 Å². The van der Waals surface area contributed by atoms with Crippen LogP contribution in [-0.4, -0.2) is 0 Å². The zero-order chi connectivity index (χ0) is 12.6. The Kier molecular flexibility index (Phi) is 3.07. The molecule has 0 aliphatic rings. The van der Waals surface area contributed by atoms with Crippen LogP contribution in [0.4, 0.5) is 17.6 Å². The van der Waals surface area contributed by atoms with E-state index in [1.54, 1.807) is 0 Å². The van der Waals surface area contributed by atoms with E-state index in [1.165, 1.54) is 0 Å². The van der Waals surface area contributed by atoms with Crippen molar-refractivity contribution in [2.45, 2.75) is 0 Å². The van der Waals surface area contributed by atoms with E-state index in [9.17, 15) is 17.6 Å². The predicted molar refractivity (Wildman–Crippen MR) is 55.6 cm³/mol. The van der Waals surface area contributed by atoms with Crippen LogP contribution < -0.4 is 0 Å². The van der Waals surface area contributed by atoms with Gasteiger partial charge in [0.15, 0.2) is 0 Å². The van der Waals surface area contributed by atoms with Crippen molar-refractivity contribution in [3.8, 4) is 11.1 Å². The molecule has 0 atom stereocenters. The molecule has 0 aliphatic carbocycles. The van der Waals surface area contributed by atoms with Gasteiger partial charge >= 0.3 is 0 Å². The fourth-order valence-corrected chi connectivity index (χ4v) is 1.67. The van der Waals surface area contributed by atoms with Crippen LogP contribution in [0.25, 0.3) is 11.1 Å². The summed E-state index contributed by atoms with van der Waals surface area (Å²) in [7, 11) is 0. The summed E-state index contributed by atoms with van der Waals surface area (Å²) in [6, 6.07) is 5.15. The Morgan fingerprint density at radius 2 is 1.47 bits per heavy atom. The monoisotopic (exact) mass is 259 g/mol. The maximum absolute atomic E-state index is 13.4. The van der Waals surface area contributed by atoms with Crippen molar-refractivity contribution in [2.75, 3.05) is 0 Å². The number of hydrogen-bond donors (Lipinski definition) is 0. The fraction of sp³-hybridized carbons (Fsp3) is 0. The first-order chi connectivity index (χ1) is 7.97. The Bertz CT molecular complexity index is 537. The average Bonchev–Trinajstić information content (AvgIpc) is 2.13. The molecular formula is C12H4ClF4. The Morgan fingerprint density at radius 1 is 0.882 bits per heavy atom. The van der Waals surface area contributed by atoms with Gasteiger partial charge < -0.3 is 0 Å². The molecule has 0 aromatic heterocycles. The zero-order valence-electron chi connectivity index (χ0n) is 8.20. The topological polar surface area (TPSA) is 0 Å². The van der Waals surface area contributed by atoms with E-state index < -0.39 is 28.8 Å². The lowest BCUT2D eigenvalue weighted by Crippen LogP contribution is -1.93. The van der Waals surface area contributed by atoms with Gasteiger partial charge in [0.25, 0.3) is 0 Å². The molecule has 87 valence electrons. The summed E-state index contributed by atoms with van der Waals surface area (Å²) >= 11 is 5.52. The third-order valence-electron chi connectivity index (χ3n) is 2.10. The van der Waals surface area contributed by atoms with E-state index in [0.29, 0.717) is 12.1 Å². The van der Waals surface area contributed by atoms with Crippen molar-refractivity contribution < 1.29 is 17.6 Å². The van der Waals surface area contributed by atoms with E-state index in [4.69, 9.17) is 11.6 Å². The van der Waals surface area contributed by atoms with Gasteiger partial charge in [-0.25, -0.2) is 17.6 Å². The van der Waals surface area contributed by atoms with E-state index in [2.05, 4.69) is 6.07 Å². The third-order valence-corrected chi connectivity index (χ3v) is 2.30. The molecule has 5 heteroatoms. The van der Waals surface area contributed by atoms with Crippen molar-refractivity contribution >= 4 is 11.6 Å². The lowest BCUT2D eigenvalue weighted by atomic mass is 10.0. The van der Waals surface area contributed by atoms with Crippen molar-refractivity contribution in [3.63, 3.8) is 0 Å². The van der Waals surface area contributed by atoms with Gasteiger partial charge in [-0.1, -0.05) is 11.6 Å². The van der Waals surface area contributed by atoms with E-state index in [-0.39, 0.29) is 10.6 Å². The summed E-state index contributed by atoms with van der Waals surface area (Å²) in [5.41, 5.74) is -0.637. The Hall–Kier alpha value is -1.55. The number of rotatable bonds is 1. The molecule has 17 heavy (non-hydrogen) atoms. The van der Waals surface area contributed by atoms with Gasteiger partial charge in [0.2, 0.25) is 0 Å². The van der Waals surface area contributed by atoms with Gasteiger partial charge in [-0.2, -0.15) is 0 Å². The molecule has 0 bridgehead atoms. The first kappa shape index (κ1) is 11.9. The van der Waals surface area contributed by atoms with Gasteiger partial charge in [-0.3, -0.25) is 0 Å². The van der Waals surface area contributed by atoms with Gasteiger partial charge in [-0.15, -0.1) is 0 Å². The van der Waals surface area contributed by atoms with Crippen molar-refractivity contribution in [1.29, 1.82) is 0 Å². The molecule has 2 rings (SSSR count). The third kappa shape index (κ3) is 2.42. The molecule has 0 unspecified atom stereocenters. The summed E-state index contributed by atoms with van der Waals surface area (Å²) in [6.45, 7) is 0. The highest BCUT2D eigenvalue weighted by Gasteiger charge is 2.14. The highest BCUT2D eigenvalue weighted by molar-refractivity contribution is 6.30. The molecule has 0 aliphatic heterocycles. The van der Waals surface area contributed by atoms with Crippen LogP contribution in [0.2, 0.25) is 5.02 Å². The maximum Gasteiger partial charge on any atom is 0.136 e. The summed E-state index contributed by atoms with van der Waals surface area (Å²) < 4.78 is 52.5. The van der Waals surface area contributed by atoms with Crippen molar-refractivity contribution in [3.05, 3.63) is 58.6 Å². The summed E-state index contributed by atoms with van der Waals surface area (Å²) in [6.07, 6.45) is 0. The second-order valence-corrected chi connectivity index (χ2v) is 3.72. The molecule has 0 nitrogen and oxygen atoms in total. The average molecular weight is 260 g/mol. The summed E-state index contributed by atoms with van der Waals surface area (Å²) in [4.78, 5) is 0. The zero-order valence-corrected chi connectivity index (χ0v) is 8.96. The second-order valence-electron chi connectivity index (χ2n) is 3.31. The van der Waals surface area contributed by atoms with Crippen LogP contribution in [0.5, 0.6) is 0 Å². The summed E-state index contributed by atoms with van der Waals surface area (Å²) in [5, 5.41) is -0.122. The minimum absolute atomic E-state index is 0.110. The van der Waals surface area contributed by atoms with Crippen LogP contribution in [0.3, 0.4) is 0 Å². The van der Waals surface area contributed by atoms with Crippen LogP contribution in [0.1, 0.15) is 0 Å². The van der Waals surface area contributed by atoms with Crippen LogP contribution in [0, 0.1) is 29.3 Å². The standard InChI is InChI=1S/C12H4ClF4/c13-7-1-6(2-8(14)3-7)12-10(16)4-9(15)5-11(12)17/h1-2,4-5H. The second kappa shape index (κ2) is 4.37. The number of halogens is 5.